The van der Waals surface area contributed by atoms with E-state index >= 15 is 0 Å². The van der Waals surface area contributed by atoms with Crippen LogP contribution in [0.15, 0.2) is 18.2 Å². The number of anilines is 1. The summed E-state index contributed by atoms with van der Waals surface area (Å²) >= 11 is 0. The van der Waals surface area contributed by atoms with Gasteiger partial charge in [-0.2, -0.15) is 0 Å². The van der Waals surface area contributed by atoms with Gasteiger partial charge in [0.05, 0.1) is 24.5 Å². The summed E-state index contributed by atoms with van der Waals surface area (Å²) < 4.78 is 30.6. The van der Waals surface area contributed by atoms with Crippen molar-refractivity contribution in [2.24, 2.45) is 0 Å². The minimum absolute atomic E-state index is 0.0395. The zero-order valence-corrected chi connectivity index (χ0v) is 11.4. The van der Waals surface area contributed by atoms with Crippen molar-refractivity contribution >= 4 is 21.6 Å². The van der Waals surface area contributed by atoms with Crippen LogP contribution in [0.4, 0.5) is 5.69 Å². The highest BCUT2D eigenvalue weighted by Gasteiger charge is 2.14. The SMILES string of the molecule is CCS(=O)(=O)NCc1ccc2c(c1)NC(=O)CCO2. The molecule has 1 aromatic carbocycles. The van der Waals surface area contributed by atoms with E-state index in [0.29, 0.717) is 24.5 Å². The van der Waals surface area contributed by atoms with Crippen molar-refractivity contribution in [3.8, 4) is 5.75 Å². The number of benzene rings is 1. The van der Waals surface area contributed by atoms with Crippen molar-refractivity contribution < 1.29 is 17.9 Å². The Labute approximate surface area is 112 Å². The molecule has 0 fully saturated rings. The fraction of sp³-hybridized carbons (Fsp3) is 0.417. The largest absolute Gasteiger partial charge is 0.491 e. The molecule has 0 saturated heterocycles. The van der Waals surface area contributed by atoms with Gasteiger partial charge in [-0.25, -0.2) is 13.1 Å². The van der Waals surface area contributed by atoms with Crippen molar-refractivity contribution in [3.63, 3.8) is 0 Å². The van der Waals surface area contributed by atoms with E-state index in [0.717, 1.165) is 5.56 Å². The minimum atomic E-state index is -3.23. The van der Waals surface area contributed by atoms with Gasteiger partial charge < -0.3 is 10.1 Å². The highest BCUT2D eigenvalue weighted by molar-refractivity contribution is 7.89. The molecular weight excluding hydrogens is 268 g/mol. The Balaban J connectivity index is 2.14. The van der Waals surface area contributed by atoms with E-state index in [1.54, 1.807) is 25.1 Å². The molecule has 2 N–H and O–H groups in total. The molecule has 7 heteroatoms. The van der Waals surface area contributed by atoms with Crippen LogP contribution in [0.5, 0.6) is 5.75 Å². The van der Waals surface area contributed by atoms with Crippen LogP contribution in [0.2, 0.25) is 0 Å². The molecular formula is C12H16N2O4S. The Hall–Kier alpha value is -1.60. The number of sulfonamides is 1. The van der Waals surface area contributed by atoms with Gasteiger partial charge >= 0.3 is 0 Å². The third-order valence-electron chi connectivity index (χ3n) is 2.78. The van der Waals surface area contributed by atoms with E-state index < -0.39 is 10.0 Å². The Morgan fingerprint density at radius 2 is 2.21 bits per heavy atom. The first-order valence-electron chi connectivity index (χ1n) is 6.03. The Morgan fingerprint density at radius 3 is 2.95 bits per heavy atom. The molecule has 2 rings (SSSR count). The number of hydrogen-bond acceptors (Lipinski definition) is 4. The third kappa shape index (κ3) is 3.68. The van der Waals surface area contributed by atoms with Crippen LogP contribution in [-0.2, 0) is 21.4 Å². The molecule has 1 heterocycles. The number of nitrogens with one attached hydrogen (secondary N) is 2. The molecule has 104 valence electrons. The second-order valence-electron chi connectivity index (χ2n) is 4.20. The molecule has 1 aliphatic rings. The van der Waals surface area contributed by atoms with Gasteiger partial charge in [0.1, 0.15) is 5.75 Å². The van der Waals surface area contributed by atoms with E-state index in [1.807, 2.05) is 0 Å². The van der Waals surface area contributed by atoms with Crippen LogP contribution in [0, 0.1) is 0 Å². The Morgan fingerprint density at radius 1 is 1.42 bits per heavy atom. The average Bonchev–Trinajstić information content (AvgIpc) is 2.56. The van der Waals surface area contributed by atoms with Crippen LogP contribution in [0.25, 0.3) is 0 Å². The summed E-state index contributed by atoms with van der Waals surface area (Å²) in [5.41, 5.74) is 1.34. The Bertz CT molecular complexity index is 583. The summed E-state index contributed by atoms with van der Waals surface area (Å²) in [6.07, 6.45) is 0.312. The predicted octanol–water partition coefficient (Wildman–Crippen LogP) is 0.847. The number of ether oxygens (including phenoxy) is 1. The van der Waals surface area contributed by atoms with Gasteiger partial charge in [-0.15, -0.1) is 0 Å². The molecule has 0 unspecified atom stereocenters. The second-order valence-corrected chi connectivity index (χ2v) is 6.30. The maximum Gasteiger partial charge on any atom is 0.227 e. The quantitative estimate of drug-likeness (QED) is 0.858. The molecule has 0 aliphatic carbocycles. The predicted molar refractivity (Wildman–Crippen MR) is 71.5 cm³/mol. The number of carbonyl (C=O) groups excluding carboxylic acids is 1. The summed E-state index contributed by atoms with van der Waals surface area (Å²) in [6.45, 7) is 2.12. The number of fused-ring (bicyclic) bond motifs is 1. The van der Waals surface area contributed by atoms with Crippen LogP contribution in [-0.4, -0.2) is 26.7 Å². The van der Waals surface area contributed by atoms with Gasteiger partial charge in [0.15, 0.2) is 0 Å². The van der Waals surface area contributed by atoms with Crippen molar-refractivity contribution in [1.82, 2.24) is 4.72 Å². The molecule has 0 spiro atoms. The first-order valence-corrected chi connectivity index (χ1v) is 7.68. The number of carbonyl (C=O) groups is 1. The monoisotopic (exact) mass is 284 g/mol. The van der Waals surface area contributed by atoms with Gasteiger partial charge in [-0.05, 0) is 24.6 Å². The number of rotatable bonds is 4. The molecule has 0 radical (unpaired) electrons. The maximum atomic E-state index is 11.4. The van der Waals surface area contributed by atoms with E-state index in [2.05, 4.69) is 10.0 Å². The first-order chi connectivity index (χ1) is 9.00. The fourth-order valence-electron chi connectivity index (χ4n) is 1.67. The topological polar surface area (TPSA) is 84.5 Å². The van der Waals surface area contributed by atoms with Crippen molar-refractivity contribution in [1.29, 1.82) is 0 Å². The summed E-state index contributed by atoms with van der Waals surface area (Å²) in [5, 5.41) is 2.73. The highest BCUT2D eigenvalue weighted by Crippen LogP contribution is 2.28. The Kier molecular flexibility index (Phi) is 4.06. The summed E-state index contributed by atoms with van der Waals surface area (Å²) in [4.78, 5) is 11.4. The maximum absolute atomic E-state index is 11.4. The molecule has 1 aliphatic heterocycles. The third-order valence-corrected chi connectivity index (χ3v) is 4.13. The van der Waals surface area contributed by atoms with Gasteiger partial charge in [-0.3, -0.25) is 4.79 Å². The van der Waals surface area contributed by atoms with Crippen LogP contribution >= 0.6 is 0 Å². The van der Waals surface area contributed by atoms with Gasteiger partial charge in [0.25, 0.3) is 0 Å². The number of hydrogen-bond donors (Lipinski definition) is 2. The molecule has 1 aromatic rings. The lowest BCUT2D eigenvalue weighted by Gasteiger charge is -2.10. The molecule has 0 aromatic heterocycles. The second kappa shape index (κ2) is 5.58. The van der Waals surface area contributed by atoms with Gasteiger partial charge in [0, 0.05) is 6.54 Å². The van der Waals surface area contributed by atoms with E-state index in [-0.39, 0.29) is 18.2 Å². The molecule has 1 amide bonds. The summed E-state index contributed by atoms with van der Waals surface area (Å²) in [6, 6.07) is 5.22. The first kappa shape index (κ1) is 13.8. The van der Waals surface area contributed by atoms with E-state index in [1.165, 1.54) is 0 Å². The minimum Gasteiger partial charge on any atom is -0.491 e. The molecule has 0 saturated carbocycles. The average molecular weight is 284 g/mol. The van der Waals surface area contributed by atoms with Crippen molar-refractivity contribution in [2.75, 3.05) is 17.7 Å². The van der Waals surface area contributed by atoms with Crippen molar-refractivity contribution in [3.05, 3.63) is 23.8 Å². The normalized spacial score (nSPS) is 15.1. The number of amides is 1. The van der Waals surface area contributed by atoms with Crippen LogP contribution in [0.3, 0.4) is 0 Å². The fourth-order valence-corrected chi connectivity index (χ4v) is 2.26. The summed E-state index contributed by atoms with van der Waals surface area (Å²) in [5.74, 6) is 0.538. The highest BCUT2D eigenvalue weighted by atomic mass is 32.2. The zero-order valence-electron chi connectivity index (χ0n) is 10.6. The summed E-state index contributed by atoms with van der Waals surface area (Å²) in [7, 11) is -3.23. The van der Waals surface area contributed by atoms with Crippen LogP contribution < -0.4 is 14.8 Å². The van der Waals surface area contributed by atoms with Crippen molar-refractivity contribution in [2.45, 2.75) is 19.9 Å². The van der Waals surface area contributed by atoms with E-state index in [9.17, 15) is 13.2 Å². The molecule has 0 atom stereocenters. The standard InChI is InChI=1S/C12H16N2O4S/c1-2-19(16,17)13-8-9-3-4-11-10(7-9)14-12(15)5-6-18-11/h3-4,7,13H,2,5-6,8H2,1H3,(H,14,15). The molecule has 6 nitrogen and oxygen atoms in total. The smallest absolute Gasteiger partial charge is 0.227 e. The lowest BCUT2D eigenvalue weighted by atomic mass is 10.2. The van der Waals surface area contributed by atoms with Gasteiger partial charge in [0.2, 0.25) is 15.9 Å². The lowest BCUT2D eigenvalue weighted by Crippen LogP contribution is -2.24. The van der Waals surface area contributed by atoms with E-state index in [4.69, 9.17) is 4.74 Å². The molecule has 19 heavy (non-hydrogen) atoms. The molecule has 0 bridgehead atoms. The lowest BCUT2D eigenvalue weighted by molar-refractivity contribution is -0.116. The van der Waals surface area contributed by atoms with Gasteiger partial charge in [-0.1, -0.05) is 6.07 Å². The van der Waals surface area contributed by atoms with Crippen LogP contribution in [0.1, 0.15) is 18.9 Å². The zero-order chi connectivity index (χ0) is 13.9.